The summed E-state index contributed by atoms with van der Waals surface area (Å²) in [6, 6.07) is 47.4. The molecule has 12 aromatic heterocycles. The fourth-order valence-corrected chi connectivity index (χ4v) is 19.0. The van der Waals surface area contributed by atoms with Crippen molar-refractivity contribution in [2.24, 2.45) is 28.7 Å². The molecule has 19 aromatic rings. The second kappa shape index (κ2) is 43.4. The molecule has 0 amide bonds. The van der Waals surface area contributed by atoms with Gasteiger partial charge in [-0.3, -0.25) is 27.4 Å². The van der Waals surface area contributed by atoms with Crippen LogP contribution < -0.4 is 93.7 Å². The SMILES string of the molecule is Cc1cc2nc(N)n(-c3cc(N4CCC[C@@H](N)C4)ncn3)c2cc1C.Cc1cc2nc(N)n(-c3cc(N4CCC[C@H](N)C4)ncn3)c2cc1C.Cc1cc2nc(N)n(-c3cc(N4CC[C@@H](N)C4)ncn3)c2cc1C.Cc1cc2nc(N)n(-c3cc(NC4CCCC(N)C4)ncn3)c2cc1C.Cc1cc2nc(N)n(-c3cc(NCCN)ncn3)c2cc1C.Cc1cc2nc(N)n(-c3cc(Nc4ccccc4)ncn3)c2cc1C. The number of hydrogen-bond donors (Lipinski definition) is 14. The summed E-state index contributed by atoms with van der Waals surface area (Å²) in [6.45, 7) is 31.4. The second-order valence-electron chi connectivity index (χ2n) is 38.5. The van der Waals surface area contributed by atoms with Crippen molar-refractivity contribution in [1.29, 1.82) is 0 Å². The maximum Gasteiger partial charge on any atom is 0.207 e. The molecule has 0 radical (unpaired) electrons. The standard InChI is InChI=1S/C19H25N7.C19H18N6.2C18H23N7.C17H21N7.C15H19N7/c1-11-6-15-16(7-12(11)2)26(19(21)25-15)18-9-17(22-10-23-18)24-14-5-3-4-13(20)8-14;1-12-8-15-16(9-13(12)2)25(19(20)24-15)18-10-17(21-11-22-18)23-14-6-4-3-5-7-14;2*1-11-6-14-15(7-12(11)2)25(18(20)23-14)17-8-16(21-10-22-17)24-5-3-4-13(19)9-24;1-10-5-13-14(6-11(10)2)24(17(19)22-13)16-7-15(20-9-21-16)23-4-3-12(18)8-23;1-9-5-11-12(6-10(9)2)22(15(17)21-11)14-7-13(18-4-3-16)19-8-20-14/h6-7,9-10,13-14H,3-5,8,20H2,1-2H3,(H2,21,25)(H,22,23,24);3-11H,1-2H3,(H2,20,24)(H,21,22,23);2*6-8,10,13H,3-5,9,19H2,1-2H3,(H2,20,23);5-7,9,12H,3-4,8,18H2,1-2H3,(H2,19,22);5-8H,3-4,16H2,1-2H3,(H2,17,21)(H,18,19,20)/t;;2*13-;12-;/m..101./s1. The molecule has 3 saturated heterocycles. The Kier molecular flexibility index (Phi) is 29.6. The Labute approximate surface area is 851 Å². The third-order valence-electron chi connectivity index (χ3n) is 27.7. The summed E-state index contributed by atoms with van der Waals surface area (Å²) in [5.74, 6) is 11.6. The number of imidazole rings is 6. The van der Waals surface area contributed by atoms with Gasteiger partial charge in [0.2, 0.25) is 35.7 Å². The predicted molar refractivity (Wildman–Crippen MR) is 588 cm³/mol. The van der Waals surface area contributed by atoms with Gasteiger partial charge in [-0.15, -0.1) is 0 Å². The minimum Gasteiger partial charge on any atom is -0.369 e. The molecule has 5 atom stereocenters. The van der Waals surface area contributed by atoms with E-state index in [1.807, 2.05) is 106 Å². The van der Waals surface area contributed by atoms with E-state index in [9.17, 15) is 0 Å². The Bertz CT molecular complexity index is 7840. The molecular formula is C106H129N41. The zero-order valence-electron chi connectivity index (χ0n) is 85.1. The molecule has 23 rings (SSSR count). The third kappa shape index (κ3) is 22.3. The molecule has 41 nitrogen and oxygen atoms in total. The summed E-state index contributed by atoms with van der Waals surface area (Å²) in [5.41, 5.74) is 93.0. The lowest BCUT2D eigenvalue weighted by Crippen LogP contribution is -2.43. The zero-order valence-corrected chi connectivity index (χ0v) is 85.1. The highest BCUT2D eigenvalue weighted by atomic mass is 15.3. The molecule has 758 valence electrons. The van der Waals surface area contributed by atoms with Gasteiger partial charge in [-0.2, -0.15) is 0 Å². The van der Waals surface area contributed by atoms with Gasteiger partial charge < -0.3 is 93.7 Å². The Morgan fingerprint density at radius 2 is 0.551 bits per heavy atom. The smallest absolute Gasteiger partial charge is 0.207 e. The average molecular weight is 1980 g/mol. The molecule has 15 heterocycles. The molecule has 4 fully saturated rings. The second-order valence-corrected chi connectivity index (χ2v) is 38.5. The average Bonchev–Trinajstić information content (AvgIpc) is 1.57. The van der Waals surface area contributed by atoms with Crippen molar-refractivity contribution in [3.05, 3.63) is 244 Å². The van der Waals surface area contributed by atoms with E-state index < -0.39 is 0 Å². The Morgan fingerprint density at radius 3 is 0.871 bits per heavy atom. The Hall–Kier alpha value is -16.8. The normalized spacial score (nSPS) is 16.2. The van der Waals surface area contributed by atoms with Crippen molar-refractivity contribution in [3.8, 4) is 34.9 Å². The van der Waals surface area contributed by atoms with Crippen LogP contribution in [0.25, 0.3) is 101 Å². The van der Waals surface area contributed by atoms with Crippen molar-refractivity contribution in [1.82, 2.24) is 117 Å². The van der Waals surface area contributed by atoms with Gasteiger partial charge >= 0.3 is 0 Å². The van der Waals surface area contributed by atoms with Crippen LogP contribution in [0.5, 0.6) is 0 Å². The minimum atomic E-state index is 0.192. The number of piperidine rings is 2. The Balaban J connectivity index is 0.000000116. The van der Waals surface area contributed by atoms with Gasteiger partial charge in [0.25, 0.3) is 0 Å². The van der Waals surface area contributed by atoms with Crippen LogP contribution in [0.3, 0.4) is 0 Å². The van der Waals surface area contributed by atoms with Crippen LogP contribution in [0.1, 0.15) is 125 Å². The van der Waals surface area contributed by atoms with Crippen LogP contribution in [-0.2, 0) is 0 Å². The number of aromatic nitrogens is 24. The monoisotopic (exact) mass is 1980 g/mol. The quantitative estimate of drug-likeness (QED) is 0.0427. The number of para-hydroxylation sites is 1. The minimum absolute atomic E-state index is 0.192. The van der Waals surface area contributed by atoms with Crippen LogP contribution in [0, 0.1) is 83.1 Å². The van der Waals surface area contributed by atoms with Crippen LogP contribution in [-0.4, -0.2) is 200 Å². The van der Waals surface area contributed by atoms with Gasteiger partial charge in [0.05, 0.1) is 66.2 Å². The van der Waals surface area contributed by atoms with Crippen molar-refractivity contribution in [2.45, 2.75) is 171 Å². The fourth-order valence-electron chi connectivity index (χ4n) is 19.0. The maximum atomic E-state index is 6.19. The van der Waals surface area contributed by atoms with E-state index in [0.29, 0.717) is 83.9 Å². The Morgan fingerprint density at radius 1 is 0.279 bits per heavy atom. The number of nitrogen functional groups attached to an aromatic ring is 6. The summed E-state index contributed by atoms with van der Waals surface area (Å²) in [4.78, 5) is 85.9. The van der Waals surface area contributed by atoms with Crippen molar-refractivity contribution < 1.29 is 0 Å². The summed E-state index contributed by atoms with van der Waals surface area (Å²) < 4.78 is 11.2. The number of nitrogens with one attached hydrogen (secondary N) is 3. The van der Waals surface area contributed by atoms with Crippen LogP contribution in [0.2, 0.25) is 0 Å². The molecule has 41 heteroatoms. The molecule has 3 aliphatic heterocycles. The largest absolute Gasteiger partial charge is 0.369 e. The lowest BCUT2D eigenvalue weighted by atomic mass is 9.92. The number of anilines is 13. The van der Waals surface area contributed by atoms with Crippen molar-refractivity contribution >= 4 is 142 Å². The van der Waals surface area contributed by atoms with Crippen LogP contribution in [0.4, 0.5) is 76.3 Å². The van der Waals surface area contributed by atoms with Gasteiger partial charge in [-0.05, 0) is 293 Å². The number of rotatable bonds is 16. The van der Waals surface area contributed by atoms with E-state index in [-0.39, 0.29) is 24.2 Å². The summed E-state index contributed by atoms with van der Waals surface area (Å²) in [7, 11) is 0. The highest BCUT2D eigenvalue weighted by Gasteiger charge is 2.28. The molecule has 1 saturated carbocycles. The van der Waals surface area contributed by atoms with Crippen molar-refractivity contribution in [3.63, 3.8) is 0 Å². The van der Waals surface area contributed by atoms with Gasteiger partial charge in [0.1, 0.15) is 108 Å². The van der Waals surface area contributed by atoms with E-state index in [4.69, 9.17) is 63.1 Å². The molecule has 4 aliphatic rings. The number of aryl methyl sites for hydroxylation is 12. The van der Waals surface area contributed by atoms with Gasteiger partial charge in [-0.25, -0.2) is 89.7 Å². The molecule has 2 unspecified atom stereocenters. The zero-order chi connectivity index (χ0) is 103. The topological polar surface area (TPSA) is 594 Å². The van der Waals surface area contributed by atoms with Gasteiger partial charge in [0.15, 0.2) is 0 Å². The lowest BCUT2D eigenvalue weighted by Gasteiger charge is -2.31. The van der Waals surface area contributed by atoms with Gasteiger partial charge in [0, 0.05) is 125 Å². The number of nitrogens with two attached hydrogens (primary N) is 11. The third-order valence-corrected chi connectivity index (χ3v) is 27.7. The highest BCUT2D eigenvalue weighted by molar-refractivity contribution is 5.88. The molecule has 7 aromatic carbocycles. The first-order valence-corrected chi connectivity index (χ1v) is 49.6. The molecule has 1 aliphatic carbocycles. The van der Waals surface area contributed by atoms with Gasteiger partial charge in [-0.1, -0.05) is 18.2 Å². The van der Waals surface area contributed by atoms with E-state index in [2.05, 4.69) is 264 Å². The van der Waals surface area contributed by atoms with E-state index in [1.165, 1.54) is 79.4 Å². The van der Waals surface area contributed by atoms with E-state index in [1.54, 1.807) is 25.3 Å². The molecule has 0 bridgehead atoms. The summed E-state index contributed by atoms with van der Waals surface area (Å²) in [6.07, 6.45) is 18.9. The van der Waals surface area contributed by atoms with Crippen LogP contribution in [0.15, 0.2) is 177 Å². The first-order chi connectivity index (χ1) is 70.8. The van der Waals surface area contributed by atoms with E-state index in [0.717, 1.165) is 210 Å². The molecule has 25 N–H and O–H groups in total. The number of benzene rings is 7. The summed E-state index contributed by atoms with van der Waals surface area (Å²) in [5, 5.41) is 9.90. The lowest BCUT2D eigenvalue weighted by molar-refractivity contribution is 0.409. The number of hydrogen-bond acceptors (Lipinski definition) is 35. The number of nitrogens with zero attached hydrogens (tertiary/aromatic N) is 27. The maximum absolute atomic E-state index is 6.19. The highest BCUT2D eigenvalue weighted by Crippen LogP contribution is 2.36. The summed E-state index contributed by atoms with van der Waals surface area (Å²) >= 11 is 0. The first kappa shape index (κ1) is 100. The number of fused-ring (bicyclic) bond motifs is 6. The fraction of sp³-hybridized carbons (Fsp3) is 0.321. The predicted octanol–water partition coefficient (Wildman–Crippen LogP) is 13.3. The van der Waals surface area contributed by atoms with Crippen molar-refractivity contribution in [2.75, 3.05) is 117 Å². The molecule has 147 heavy (non-hydrogen) atoms. The first-order valence-electron chi connectivity index (χ1n) is 49.6. The molecule has 0 spiro atoms. The van der Waals surface area contributed by atoms with Crippen LogP contribution >= 0.6 is 0 Å². The van der Waals surface area contributed by atoms with E-state index >= 15 is 0 Å². The molecular weight excluding hydrogens is 1850 g/mol.